The molecule has 1 aromatic carbocycles. The predicted molar refractivity (Wildman–Crippen MR) is 60.7 cm³/mol. The second kappa shape index (κ2) is 4.11. The van der Waals surface area contributed by atoms with Crippen LogP contribution in [0.15, 0.2) is 22.8 Å². The van der Waals surface area contributed by atoms with Gasteiger partial charge in [-0.05, 0) is 25.5 Å². The summed E-state index contributed by atoms with van der Waals surface area (Å²) in [5, 5.41) is 3.52. The summed E-state index contributed by atoms with van der Waals surface area (Å²) in [6.07, 6.45) is 4.22. The van der Waals surface area contributed by atoms with Gasteiger partial charge in [-0.3, -0.25) is 0 Å². The third kappa shape index (κ3) is 1.72. The Labute approximate surface area is 97.6 Å². The summed E-state index contributed by atoms with van der Waals surface area (Å²) in [5.41, 5.74) is 0.415. The lowest BCUT2D eigenvalue weighted by molar-refractivity contribution is 0.386. The molecule has 1 atom stereocenters. The normalized spacial score (nSPS) is 20.9. The zero-order chi connectivity index (χ0) is 11.8. The van der Waals surface area contributed by atoms with Crippen LogP contribution in [0.2, 0.25) is 0 Å². The third-order valence-electron chi connectivity index (χ3n) is 3.34. The highest BCUT2D eigenvalue weighted by Gasteiger charge is 2.24. The predicted octanol–water partition coefficient (Wildman–Crippen LogP) is 3.53. The van der Waals surface area contributed by atoms with E-state index < -0.39 is 11.6 Å². The number of fused-ring (bicyclic) bond motifs is 1. The molecule has 0 bridgehead atoms. The van der Waals surface area contributed by atoms with E-state index in [9.17, 15) is 8.78 Å². The molecule has 1 aliphatic rings. The lowest BCUT2D eigenvalue weighted by atomic mass is 9.95. The van der Waals surface area contributed by atoms with E-state index in [0.29, 0.717) is 5.39 Å². The highest BCUT2D eigenvalue weighted by Crippen LogP contribution is 2.32. The Morgan fingerprint density at radius 2 is 2.18 bits per heavy atom. The average Bonchev–Trinajstić information content (AvgIpc) is 2.78. The van der Waals surface area contributed by atoms with Crippen molar-refractivity contribution >= 4 is 11.0 Å². The number of hydrogen-bond acceptors (Lipinski definition) is 2. The molecule has 2 aromatic rings. The minimum atomic E-state index is -0.524. The van der Waals surface area contributed by atoms with Crippen LogP contribution in [0.5, 0.6) is 0 Å². The van der Waals surface area contributed by atoms with Gasteiger partial charge in [-0.1, -0.05) is 6.42 Å². The highest BCUT2D eigenvalue weighted by atomic mass is 19.1. The molecule has 17 heavy (non-hydrogen) atoms. The lowest BCUT2D eigenvalue weighted by Crippen LogP contribution is -2.28. The van der Waals surface area contributed by atoms with Crippen molar-refractivity contribution in [1.29, 1.82) is 0 Å². The minimum absolute atomic E-state index is 0.151. The van der Waals surface area contributed by atoms with Gasteiger partial charge in [0.2, 0.25) is 0 Å². The van der Waals surface area contributed by atoms with Crippen LogP contribution >= 0.6 is 0 Å². The highest BCUT2D eigenvalue weighted by molar-refractivity contribution is 5.79. The largest absolute Gasteiger partial charge is 0.464 e. The number of benzene rings is 1. The fourth-order valence-corrected chi connectivity index (χ4v) is 2.47. The fourth-order valence-electron chi connectivity index (χ4n) is 2.47. The van der Waals surface area contributed by atoms with E-state index in [1.54, 1.807) is 0 Å². The van der Waals surface area contributed by atoms with Crippen molar-refractivity contribution in [2.24, 2.45) is 0 Å². The van der Waals surface area contributed by atoms with Gasteiger partial charge >= 0.3 is 0 Å². The average molecular weight is 237 g/mol. The first kappa shape index (κ1) is 10.7. The van der Waals surface area contributed by atoms with Crippen LogP contribution in [0.3, 0.4) is 0 Å². The number of nitrogens with one attached hydrogen (secondary N) is 1. The van der Waals surface area contributed by atoms with Gasteiger partial charge in [0.05, 0.1) is 11.6 Å². The van der Waals surface area contributed by atoms with Crippen LogP contribution in [0.1, 0.15) is 30.9 Å². The maximum atomic E-state index is 14.2. The molecule has 2 nitrogen and oxygen atoms in total. The maximum absolute atomic E-state index is 14.2. The molecule has 2 heterocycles. The SMILES string of the molecule is Fc1cc2occc2c(F)c1C1CCCCN1. The topological polar surface area (TPSA) is 25.2 Å². The van der Waals surface area contributed by atoms with Crippen LogP contribution in [-0.2, 0) is 0 Å². The molecular weight excluding hydrogens is 224 g/mol. The summed E-state index contributed by atoms with van der Waals surface area (Å²) in [7, 11) is 0. The Kier molecular flexibility index (Phi) is 2.59. The number of rotatable bonds is 1. The monoisotopic (exact) mass is 237 g/mol. The van der Waals surface area contributed by atoms with E-state index in [1.807, 2.05) is 0 Å². The fraction of sp³-hybridized carbons (Fsp3) is 0.385. The molecule has 90 valence electrons. The van der Waals surface area contributed by atoms with E-state index in [1.165, 1.54) is 18.4 Å². The Morgan fingerprint density at radius 3 is 2.94 bits per heavy atom. The Balaban J connectivity index is 2.13. The summed E-state index contributed by atoms with van der Waals surface area (Å²) in [6, 6.07) is 2.59. The van der Waals surface area contributed by atoms with Gasteiger partial charge in [0.15, 0.2) is 0 Å². The molecule has 0 saturated carbocycles. The third-order valence-corrected chi connectivity index (χ3v) is 3.34. The second-order valence-electron chi connectivity index (χ2n) is 4.42. The number of furan rings is 1. The van der Waals surface area contributed by atoms with E-state index in [2.05, 4.69) is 5.32 Å². The maximum Gasteiger partial charge on any atom is 0.141 e. The van der Waals surface area contributed by atoms with Crippen LogP contribution in [0.4, 0.5) is 8.78 Å². The van der Waals surface area contributed by atoms with E-state index in [-0.39, 0.29) is 17.2 Å². The number of halogens is 2. The summed E-state index contributed by atoms with van der Waals surface area (Å²) in [4.78, 5) is 0. The molecule has 4 heteroatoms. The first-order valence-corrected chi connectivity index (χ1v) is 5.86. The van der Waals surface area contributed by atoms with E-state index >= 15 is 0 Å². The molecule has 0 aliphatic carbocycles. The zero-order valence-corrected chi connectivity index (χ0v) is 9.30. The van der Waals surface area contributed by atoms with Crippen molar-refractivity contribution in [1.82, 2.24) is 5.32 Å². The van der Waals surface area contributed by atoms with Crippen LogP contribution in [0, 0.1) is 11.6 Å². The smallest absolute Gasteiger partial charge is 0.141 e. The Hall–Kier alpha value is -1.42. The van der Waals surface area contributed by atoms with Crippen LogP contribution in [0.25, 0.3) is 11.0 Å². The minimum Gasteiger partial charge on any atom is -0.464 e. The van der Waals surface area contributed by atoms with E-state index in [4.69, 9.17) is 4.42 Å². The lowest BCUT2D eigenvalue weighted by Gasteiger charge is -2.24. The van der Waals surface area contributed by atoms with Crippen LogP contribution in [-0.4, -0.2) is 6.54 Å². The van der Waals surface area contributed by atoms with Gasteiger partial charge < -0.3 is 9.73 Å². The van der Waals surface area contributed by atoms with Gasteiger partial charge in [0.25, 0.3) is 0 Å². The van der Waals surface area contributed by atoms with Crippen molar-refractivity contribution in [3.05, 3.63) is 35.6 Å². The van der Waals surface area contributed by atoms with Crippen molar-refractivity contribution in [3.63, 3.8) is 0 Å². The molecule has 1 fully saturated rings. The zero-order valence-electron chi connectivity index (χ0n) is 9.30. The van der Waals surface area contributed by atoms with Gasteiger partial charge in [-0.15, -0.1) is 0 Å². The van der Waals surface area contributed by atoms with Crippen molar-refractivity contribution in [3.8, 4) is 0 Å². The number of hydrogen-bond donors (Lipinski definition) is 1. The van der Waals surface area contributed by atoms with Gasteiger partial charge in [-0.2, -0.15) is 0 Å². The summed E-state index contributed by atoms with van der Waals surface area (Å²) >= 11 is 0. The van der Waals surface area contributed by atoms with Crippen molar-refractivity contribution in [2.75, 3.05) is 6.54 Å². The van der Waals surface area contributed by atoms with Gasteiger partial charge in [0.1, 0.15) is 17.2 Å². The number of piperidine rings is 1. The van der Waals surface area contributed by atoms with Gasteiger partial charge in [-0.25, -0.2) is 8.78 Å². The summed E-state index contributed by atoms with van der Waals surface area (Å²) < 4.78 is 33.1. The molecule has 1 unspecified atom stereocenters. The molecular formula is C13H13F2NO. The van der Waals surface area contributed by atoms with Crippen molar-refractivity contribution < 1.29 is 13.2 Å². The second-order valence-corrected chi connectivity index (χ2v) is 4.42. The first-order chi connectivity index (χ1) is 8.27. The standard InChI is InChI=1S/C13H13F2NO/c14-9-7-11-8(4-6-17-11)13(15)12(9)10-3-1-2-5-16-10/h4,6-7,10,16H,1-3,5H2. The summed E-state index contributed by atoms with van der Waals surface area (Å²) in [5.74, 6) is -1.02. The molecule has 1 aliphatic heterocycles. The van der Waals surface area contributed by atoms with E-state index in [0.717, 1.165) is 25.8 Å². The molecule has 3 rings (SSSR count). The Bertz CT molecular complexity index is 544. The quantitative estimate of drug-likeness (QED) is 0.820. The molecule has 0 amide bonds. The molecule has 1 saturated heterocycles. The molecule has 1 N–H and O–H groups in total. The molecule has 0 radical (unpaired) electrons. The van der Waals surface area contributed by atoms with Crippen LogP contribution < -0.4 is 5.32 Å². The summed E-state index contributed by atoms with van der Waals surface area (Å²) in [6.45, 7) is 0.812. The van der Waals surface area contributed by atoms with Gasteiger partial charge in [0, 0.05) is 17.7 Å². The molecule has 0 spiro atoms. The van der Waals surface area contributed by atoms with Crippen molar-refractivity contribution in [2.45, 2.75) is 25.3 Å². The molecule has 1 aromatic heterocycles. The Morgan fingerprint density at radius 1 is 1.29 bits per heavy atom. The first-order valence-electron chi connectivity index (χ1n) is 5.86.